The van der Waals surface area contributed by atoms with Crippen LogP contribution in [0.3, 0.4) is 0 Å². The van der Waals surface area contributed by atoms with Crippen molar-refractivity contribution in [2.75, 3.05) is 13.6 Å². The molecule has 2 N–H and O–H groups in total. The maximum Gasteiger partial charge on any atom is 0.0923 e. The van der Waals surface area contributed by atoms with Gasteiger partial charge in [0.15, 0.2) is 0 Å². The molecule has 0 spiro atoms. The molecule has 0 aliphatic carbocycles. The van der Waals surface area contributed by atoms with E-state index in [1.807, 2.05) is 20.0 Å². The Bertz CT molecular complexity index is 97.1. The van der Waals surface area contributed by atoms with Crippen LogP contribution in [0.5, 0.6) is 0 Å². The van der Waals surface area contributed by atoms with Crippen molar-refractivity contribution >= 4 is 0 Å². The van der Waals surface area contributed by atoms with Crippen LogP contribution in [0.25, 0.3) is 0 Å². The van der Waals surface area contributed by atoms with Crippen molar-refractivity contribution < 1.29 is 5.11 Å². The predicted octanol–water partition coefficient (Wildman–Crippen LogP) is 0.533. The van der Waals surface area contributed by atoms with E-state index in [1.54, 1.807) is 13.0 Å². The molecule has 1 unspecified atom stereocenters. The Morgan fingerprint density at radius 3 is 2.56 bits per heavy atom. The molecular formula is C7H15NO. The van der Waals surface area contributed by atoms with Gasteiger partial charge in [-0.3, -0.25) is 0 Å². The van der Waals surface area contributed by atoms with Crippen LogP contribution in [0.15, 0.2) is 12.2 Å². The van der Waals surface area contributed by atoms with E-state index in [-0.39, 0.29) is 0 Å². The van der Waals surface area contributed by atoms with Crippen molar-refractivity contribution in [2.45, 2.75) is 19.4 Å². The molecule has 2 nitrogen and oxygen atoms in total. The summed E-state index contributed by atoms with van der Waals surface area (Å²) in [5, 5.41) is 12.3. The molecule has 0 saturated heterocycles. The van der Waals surface area contributed by atoms with Crippen LogP contribution in [0.2, 0.25) is 0 Å². The summed E-state index contributed by atoms with van der Waals surface area (Å²) in [6.45, 7) is 4.25. The highest BCUT2D eigenvalue weighted by Gasteiger charge is 2.12. The second-order valence-corrected chi connectivity index (χ2v) is 2.39. The average molecular weight is 129 g/mol. The van der Waals surface area contributed by atoms with E-state index in [4.69, 9.17) is 0 Å². The maximum absolute atomic E-state index is 9.37. The van der Waals surface area contributed by atoms with Gasteiger partial charge < -0.3 is 10.4 Å². The van der Waals surface area contributed by atoms with E-state index >= 15 is 0 Å². The highest BCUT2D eigenvalue weighted by Crippen LogP contribution is 2.01. The zero-order valence-corrected chi connectivity index (χ0v) is 6.31. The molecule has 0 aliphatic heterocycles. The topological polar surface area (TPSA) is 32.3 Å². The minimum atomic E-state index is -0.691. The lowest BCUT2D eigenvalue weighted by Crippen LogP contribution is -2.33. The summed E-state index contributed by atoms with van der Waals surface area (Å²) < 4.78 is 0. The molecule has 0 aliphatic rings. The molecule has 0 bridgehead atoms. The summed E-state index contributed by atoms with van der Waals surface area (Å²) >= 11 is 0. The number of aliphatic hydroxyl groups is 1. The van der Waals surface area contributed by atoms with Crippen LogP contribution in [-0.4, -0.2) is 24.3 Å². The fraction of sp³-hybridized carbons (Fsp3) is 0.714. The van der Waals surface area contributed by atoms with E-state index in [9.17, 15) is 5.11 Å². The molecular weight excluding hydrogens is 114 g/mol. The Labute approximate surface area is 56.6 Å². The summed E-state index contributed by atoms with van der Waals surface area (Å²) in [7, 11) is 1.82. The van der Waals surface area contributed by atoms with E-state index in [0.29, 0.717) is 6.54 Å². The summed E-state index contributed by atoms with van der Waals surface area (Å²) in [5.41, 5.74) is -0.691. The third-order valence-electron chi connectivity index (χ3n) is 1.06. The number of hydrogen-bond acceptors (Lipinski definition) is 2. The molecule has 2 heteroatoms. The fourth-order valence-electron chi connectivity index (χ4n) is 0.776. The molecule has 0 radical (unpaired) electrons. The van der Waals surface area contributed by atoms with Gasteiger partial charge in [-0.25, -0.2) is 0 Å². The van der Waals surface area contributed by atoms with E-state index in [0.717, 1.165) is 0 Å². The van der Waals surface area contributed by atoms with Gasteiger partial charge in [0.1, 0.15) is 0 Å². The van der Waals surface area contributed by atoms with Crippen LogP contribution in [0.4, 0.5) is 0 Å². The lowest BCUT2D eigenvalue weighted by Gasteiger charge is -2.17. The molecule has 0 fully saturated rings. The van der Waals surface area contributed by atoms with Crippen molar-refractivity contribution in [2.24, 2.45) is 0 Å². The van der Waals surface area contributed by atoms with Gasteiger partial charge in [0, 0.05) is 6.54 Å². The third-order valence-corrected chi connectivity index (χ3v) is 1.06. The SMILES string of the molecule is C/C=C/C(C)(O)CNC. The van der Waals surface area contributed by atoms with Crippen LogP contribution in [-0.2, 0) is 0 Å². The summed E-state index contributed by atoms with van der Waals surface area (Å²) in [5.74, 6) is 0. The van der Waals surface area contributed by atoms with Crippen molar-refractivity contribution in [1.82, 2.24) is 5.32 Å². The van der Waals surface area contributed by atoms with Gasteiger partial charge in [-0.05, 0) is 20.9 Å². The van der Waals surface area contributed by atoms with Crippen LogP contribution in [0, 0.1) is 0 Å². The van der Waals surface area contributed by atoms with Crippen LogP contribution < -0.4 is 5.32 Å². The predicted molar refractivity (Wildman–Crippen MR) is 39.4 cm³/mol. The van der Waals surface area contributed by atoms with Crippen molar-refractivity contribution in [1.29, 1.82) is 0 Å². The molecule has 9 heavy (non-hydrogen) atoms. The Kier molecular flexibility index (Phi) is 3.50. The second kappa shape index (κ2) is 3.64. The summed E-state index contributed by atoms with van der Waals surface area (Å²) in [6, 6.07) is 0. The molecule has 1 atom stereocenters. The first kappa shape index (κ1) is 8.66. The first-order valence-electron chi connectivity index (χ1n) is 3.13. The van der Waals surface area contributed by atoms with Crippen molar-refractivity contribution in [3.8, 4) is 0 Å². The van der Waals surface area contributed by atoms with Gasteiger partial charge in [-0.15, -0.1) is 0 Å². The van der Waals surface area contributed by atoms with Crippen molar-refractivity contribution in [3.05, 3.63) is 12.2 Å². The van der Waals surface area contributed by atoms with Gasteiger partial charge >= 0.3 is 0 Å². The van der Waals surface area contributed by atoms with Crippen LogP contribution in [0.1, 0.15) is 13.8 Å². The Morgan fingerprint density at radius 1 is 1.67 bits per heavy atom. The summed E-state index contributed by atoms with van der Waals surface area (Å²) in [6.07, 6.45) is 3.61. The van der Waals surface area contributed by atoms with Gasteiger partial charge in [-0.1, -0.05) is 12.2 Å². The molecule has 0 aromatic rings. The fourth-order valence-corrected chi connectivity index (χ4v) is 0.776. The van der Waals surface area contributed by atoms with Gasteiger partial charge in [-0.2, -0.15) is 0 Å². The number of nitrogens with one attached hydrogen (secondary N) is 1. The molecule has 0 aromatic heterocycles. The Balaban J connectivity index is 3.70. The van der Waals surface area contributed by atoms with Crippen LogP contribution >= 0.6 is 0 Å². The number of rotatable bonds is 3. The summed E-state index contributed by atoms with van der Waals surface area (Å²) in [4.78, 5) is 0. The van der Waals surface area contributed by atoms with E-state index < -0.39 is 5.60 Å². The quantitative estimate of drug-likeness (QED) is 0.545. The zero-order valence-electron chi connectivity index (χ0n) is 6.31. The van der Waals surface area contributed by atoms with E-state index in [1.165, 1.54) is 0 Å². The second-order valence-electron chi connectivity index (χ2n) is 2.39. The number of hydrogen-bond donors (Lipinski definition) is 2. The highest BCUT2D eigenvalue weighted by atomic mass is 16.3. The standard InChI is InChI=1S/C7H15NO/c1-4-5-7(2,9)6-8-3/h4-5,8-9H,6H2,1-3H3/b5-4+. The lowest BCUT2D eigenvalue weighted by atomic mass is 10.1. The first-order valence-corrected chi connectivity index (χ1v) is 3.13. The molecule has 54 valence electrons. The Morgan fingerprint density at radius 2 is 2.22 bits per heavy atom. The highest BCUT2D eigenvalue weighted by molar-refractivity contribution is 4.97. The van der Waals surface area contributed by atoms with Gasteiger partial charge in [0.25, 0.3) is 0 Å². The molecule has 0 rings (SSSR count). The monoisotopic (exact) mass is 129 g/mol. The Hall–Kier alpha value is -0.340. The molecule has 0 saturated carbocycles. The third kappa shape index (κ3) is 4.18. The number of allylic oxidation sites excluding steroid dienone is 1. The normalized spacial score (nSPS) is 18.2. The minimum absolute atomic E-state index is 0.595. The molecule has 0 aromatic carbocycles. The first-order chi connectivity index (χ1) is 4.12. The maximum atomic E-state index is 9.37. The zero-order chi connectivity index (χ0) is 7.33. The molecule has 0 amide bonds. The van der Waals surface area contributed by atoms with Gasteiger partial charge in [0.05, 0.1) is 5.60 Å². The van der Waals surface area contributed by atoms with Crippen molar-refractivity contribution in [3.63, 3.8) is 0 Å². The van der Waals surface area contributed by atoms with Gasteiger partial charge in [0.2, 0.25) is 0 Å². The average Bonchev–Trinajstić information content (AvgIpc) is 1.64. The number of likely N-dealkylation sites (N-methyl/N-ethyl adjacent to an activating group) is 1. The minimum Gasteiger partial charge on any atom is -0.385 e. The lowest BCUT2D eigenvalue weighted by molar-refractivity contribution is 0.113. The smallest absolute Gasteiger partial charge is 0.0923 e. The largest absolute Gasteiger partial charge is 0.385 e. The van der Waals surface area contributed by atoms with E-state index in [2.05, 4.69) is 5.32 Å². The molecule has 0 heterocycles.